The lowest BCUT2D eigenvalue weighted by Crippen LogP contribution is -1.85. The number of halogens is 1. The van der Waals surface area contributed by atoms with Gasteiger partial charge < -0.3 is 0 Å². The van der Waals surface area contributed by atoms with Gasteiger partial charge in [0.05, 0.1) is 5.04 Å². The van der Waals surface area contributed by atoms with E-state index in [-0.39, 0.29) is 4.70 Å². The average Bonchev–Trinajstić information content (AvgIpc) is 1.94. The lowest BCUT2D eigenvalue weighted by molar-refractivity contribution is 1.11. The van der Waals surface area contributed by atoms with Gasteiger partial charge in [0.2, 0.25) is 0 Å². The molecule has 0 unspecified atom stereocenters. The quantitative estimate of drug-likeness (QED) is 0.417. The van der Waals surface area contributed by atoms with Gasteiger partial charge in [-0.25, -0.2) is 0 Å². The predicted molar refractivity (Wildman–Crippen MR) is 57.7 cm³/mol. The summed E-state index contributed by atoms with van der Waals surface area (Å²) in [6.45, 7) is 5.97. The summed E-state index contributed by atoms with van der Waals surface area (Å²) in [5, 5.41) is 7.99. The molecule has 0 aliphatic heterocycles. The van der Waals surface area contributed by atoms with E-state index in [1.807, 2.05) is 6.92 Å². The first-order valence-corrected chi connectivity index (χ1v) is 4.71. The third kappa shape index (κ3) is 3.59. The molecule has 0 aliphatic rings. The van der Waals surface area contributed by atoms with E-state index >= 15 is 0 Å². The number of benzene rings is 1. The Morgan fingerprint density at radius 2 is 1.92 bits per heavy atom. The zero-order valence-electron chi connectivity index (χ0n) is 8.05. The fourth-order valence-electron chi connectivity index (χ4n) is 1.08. The van der Waals surface area contributed by atoms with Crippen LogP contribution in [0, 0.1) is 19.3 Å². The monoisotopic (exact) mass is 199 g/mol. The van der Waals surface area contributed by atoms with Crippen molar-refractivity contribution >= 4 is 16.8 Å². The highest BCUT2D eigenvalue weighted by Crippen LogP contribution is 2.23. The summed E-state index contributed by atoms with van der Waals surface area (Å²) in [5.41, 5.74) is 2.53. The minimum atomic E-state index is 0. The van der Waals surface area contributed by atoms with Gasteiger partial charge in [0.1, 0.15) is 0 Å². The Morgan fingerprint density at radius 3 is 2.38 bits per heavy atom. The second kappa shape index (κ2) is 5.02. The van der Waals surface area contributed by atoms with Crippen LogP contribution in [0.2, 0.25) is 0 Å². The second-order valence-corrected chi connectivity index (χ2v) is 4.18. The van der Waals surface area contributed by atoms with Crippen molar-refractivity contribution in [2.75, 3.05) is 0 Å². The number of nitrogens with one attached hydrogen (secondary N) is 1. The Kier molecular flexibility index (Phi) is 4.70. The van der Waals surface area contributed by atoms with E-state index in [4.69, 9.17) is 5.41 Å². The van der Waals surface area contributed by atoms with E-state index < -0.39 is 0 Å². The van der Waals surface area contributed by atoms with E-state index in [1.54, 1.807) is 0 Å². The summed E-state index contributed by atoms with van der Waals surface area (Å²) in [4.78, 5) is 1.19. The summed E-state index contributed by atoms with van der Waals surface area (Å²) >= 11 is 1.52. The topological polar surface area (TPSA) is 23.9 Å². The Labute approximate surface area is 82.4 Å². The molecule has 1 N–H and O–H groups in total. The first-order chi connectivity index (χ1) is 5.59. The third-order valence-corrected chi connectivity index (χ3v) is 2.58. The maximum Gasteiger partial charge on any atom is 0.0658 e. The molecule has 0 fully saturated rings. The Hall–Kier alpha value is -0.830. The van der Waals surface area contributed by atoms with Crippen molar-refractivity contribution in [3.05, 3.63) is 29.3 Å². The lowest BCUT2D eigenvalue weighted by Gasteiger charge is -2.04. The van der Waals surface area contributed by atoms with E-state index in [1.165, 1.54) is 27.8 Å². The van der Waals surface area contributed by atoms with Crippen molar-refractivity contribution in [1.29, 1.82) is 5.41 Å². The molecule has 0 heterocycles. The minimum Gasteiger partial charge on any atom is -0.298 e. The molecule has 0 spiro atoms. The van der Waals surface area contributed by atoms with E-state index in [2.05, 4.69) is 32.0 Å². The van der Waals surface area contributed by atoms with Gasteiger partial charge in [0.15, 0.2) is 0 Å². The van der Waals surface area contributed by atoms with Gasteiger partial charge >= 0.3 is 0 Å². The molecular weight excluding hydrogens is 185 g/mol. The van der Waals surface area contributed by atoms with Crippen molar-refractivity contribution in [1.82, 2.24) is 0 Å². The van der Waals surface area contributed by atoms with Gasteiger partial charge in [0, 0.05) is 4.90 Å². The molecule has 13 heavy (non-hydrogen) atoms. The molecule has 0 amide bonds. The minimum absolute atomic E-state index is 0. The van der Waals surface area contributed by atoms with Crippen LogP contribution in [0.1, 0.15) is 18.1 Å². The standard InChI is InChI=1S/C10H13NS.FH/c1-7-4-5-10(8(2)6-7)12-9(3)11;/h4-6,11H,1-3H3;1H. The summed E-state index contributed by atoms with van der Waals surface area (Å²) in [6, 6.07) is 6.30. The first-order valence-electron chi connectivity index (χ1n) is 3.90. The molecule has 0 radical (unpaired) electrons. The fraction of sp³-hybridized carbons (Fsp3) is 0.300. The van der Waals surface area contributed by atoms with Crippen LogP contribution in [0.5, 0.6) is 0 Å². The zero-order valence-corrected chi connectivity index (χ0v) is 8.87. The zero-order chi connectivity index (χ0) is 9.14. The highest BCUT2D eigenvalue weighted by molar-refractivity contribution is 8.13. The number of thioether (sulfide) groups is 1. The van der Waals surface area contributed by atoms with Gasteiger partial charge in [-0.05, 0) is 32.4 Å². The first kappa shape index (κ1) is 12.2. The molecule has 0 saturated carbocycles. The molecule has 1 aromatic carbocycles. The Bertz CT molecular complexity index is 310. The van der Waals surface area contributed by atoms with Gasteiger partial charge in [-0.1, -0.05) is 29.5 Å². The highest BCUT2D eigenvalue weighted by atomic mass is 32.2. The van der Waals surface area contributed by atoms with Crippen LogP contribution >= 0.6 is 11.8 Å². The van der Waals surface area contributed by atoms with E-state index in [0.29, 0.717) is 5.04 Å². The van der Waals surface area contributed by atoms with Crippen molar-refractivity contribution in [3.63, 3.8) is 0 Å². The fourth-order valence-corrected chi connectivity index (χ4v) is 1.76. The largest absolute Gasteiger partial charge is 0.298 e. The van der Waals surface area contributed by atoms with Crippen LogP contribution in [-0.4, -0.2) is 5.04 Å². The van der Waals surface area contributed by atoms with Crippen molar-refractivity contribution < 1.29 is 4.70 Å². The molecular formula is C10H14FNS. The normalized spacial score (nSPS) is 9.15. The maximum absolute atomic E-state index is 7.35. The SMILES string of the molecule is CC(=N)Sc1ccc(C)cc1C.F. The molecule has 0 aliphatic carbocycles. The smallest absolute Gasteiger partial charge is 0.0658 e. The van der Waals surface area contributed by atoms with Crippen LogP contribution < -0.4 is 0 Å². The van der Waals surface area contributed by atoms with Crippen LogP contribution in [0.25, 0.3) is 0 Å². The number of hydrogen-bond donors (Lipinski definition) is 1. The number of hydrogen-bond acceptors (Lipinski definition) is 2. The lowest BCUT2D eigenvalue weighted by atomic mass is 10.2. The summed E-state index contributed by atoms with van der Waals surface area (Å²) in [7, 11) is 0. The summed E-state index contributed by atoms with van der Waals surface area (Å²) in [6.07, 6.45) is 0. The molecule has 1 rings (SSSR count). The van der Waals surface area contributed by atoms with Crippen LogP contribution in [-0.2, 0) is 0 Å². The van der Waals surface area contributed by atoms with Crippen LogP contribution in [0.4, 0.5) is 4.70 Å². The molecule has 72 valence electrons. The number of aryl methyl sites for hydroxylation is 2. The highest BCUT2D eigenvalue weighted by Gasteiger charge is 1.99. The maximum atomic E-state index is 7.35. The molecule has 0 atom stereocenters. The molecule has 0 aromatic heterocycles. The van der Waals surface area contributed by atoms with Crippen molar-refractivity contribution in [2.45, 2.75) is 25.7 Å². The molecule has 1 aromatic rings. The van der Waals surface area contributed by atoms with Crippen molar-refractivity contribution in [2.24, 2.45) is 0 Å². The van der Waals surface area contributed by atoms with Crippen LogP contribution in [0.3, 0.4) is 0 Å². The van der Waals surface area contributed by atoms with E-state index in [9.17, 15) is 0 Å². The molecule has 3 heteroatoms. The third-order valence-electron chi connectivity index (χ3n) is 1.59. The average molecular weight is 199 g/mol. The Morgan fingerprint density at radius 1 is 1.31 bits per heavy atom. The molecule has 0 bridgehead atoms. The van der Waals surface area contributed by atoms with E-state index in [0.717, 1.165) is 0 Å². The van der Waals surface area contributed by atoms with Gasteiger partial charge in [-0.15, -0.1) is 0 Å². The van der Waals surface area contributed by atoms with Crippen molar-refractivity contribution in [3.8, 4) is 0 Å². The van der Waals surface area contributed by atoms with Gasteiger partial charge in [-0.2, -0.15) is 0 Å². The predicted octanol–water partition coefficient (Wildman–Crippen LogP) is 3.55. The summed E-state index contributed by atoms with van der Waals surface area (Å²) in [5.74, 6) is 0. The van der Waals surface area contributed by atoms with Gasteiger partial charge in [-0.3, -0.25) is 10.1 Å². The molecule has 1 nitrogen and oxygen atoms in total. The molecule has 0 saturated heterocycles. The number of rotatable bonds is 1. The van der Waals surface area contributed by atoms with Gasteiger partial charge in [0.25, 0.3) is 0 Å². The van der Waals surface area contributed by atoms with Crippen LogP contribution in [0.15, 0.2) is 23.1 Å². The second-order valence-electron chi connectivity index (χ2n) is 2.93. The Balaban J connectivity index is 0.00000144. The summed E-state index contributed by atoms with van der Waals surface area (Å²) < 4.78 is 0.